The summed E-state index contributed by atoms with van der Waals surface area (Å²) in [5, 5.41) is 3.16. The first-order valence-corrected chi connectivity index (χ1v) is 7.98. The normalized spacial score (nSPS) is 14.3. The van der Waals surface area contributed by atoms with Crippen molar-refractivity contribution in [3.8, 4) is 5.75 Å². The van der Waals surface area contributed by atoms with Crippen LogP contribution in [0.4, 0.5) is 5.69 Å². The molecule has 5 heteroatoms. The second-order valence-corrected chi connectivity index (χ2v) is 6.06. The van der Waals surface area contributed by atoms with Crippen molar-refractivity contribution in [2.45, 2.75) is 13.8 Å². The molecule has 0 saturated heterocycles. The zero-order chi connectivity index (χ0) is 18.1. The van der Waals surface area contributed by atoms with Gasteiger partial charge in [-0.15, -0.1) is 0 Å². The van der Waals surface area contributed by atoms with E-state index in [9.17, 15) is 9.59 Å². The molecule has 0 bridgehead atoms. The van der Waals surface area contributed by atoms with Crippen LogP contribution in [-0.4, -0.2) is 30.9 Å². The van der Waals surface area contributed by atoms with E-state index >= 15 is 0 Å². The van der Waals surface area contributed by atoms with E-state index < -0.39 is 0 Å². The summed E-state index contributed by atoms with van der Waals surface area (Å²) in [6.07, 6.45) is 0. The summed E-state index contributed by atoms with van der Waals surface area (Å²) in [7, 11) is 3.03. The molecule has 1 N–H and O–H groups in total. The van der Waals surface area contributed by atoms with Crippen LogP contribution in [0.1, 0.15) is 16.7 Å². The standard InChI is InChI=1S/C20H20N2O3/c1-12-9-10-15(13(2)11-12)21-18-17(19(23)22(3)20(18)24)14-7-5-6-8-16(14)25-4/h5-11,21H,1-4H3. The van der Waals surface area contributed by atoms with Gasteiger partial charge in [0.2, 0.25) is 0 Å². The van der Waals surface area contributed by atoms with Gasteiger partial charge in [0.1, 0.15) is 11.4 Å². The fourth-order valence-corrected chi connectivity index (χ4v) is 2.95. The third kappa shape index (κ3) is 2.89. The van der Waals surface area contributed by atoms with Gasteiger partial charge in [0.15, 0.2) is 0 Å². The van der Waals surface area contributed by atoms with Gasteiger partial charge in [0.05, 0.1) is 12.7 Å². The monoisotopic (exact) mass is 336 g/mol. The van der Waals surface area contributed by atoms with Crippen molar-refractivity contribution in [1.82, 2.24) is 4.90 Å². The van der Waals surface area contributed by atoms with Gasteiger partial charge in [0, 0.05) is 18.3 Å². The van der Waals surface area contributed by atoms with E-state index in [1.165, 1.54) is 7.05 Å². The van der Waals surface area contributed by atoms with Crippen molar-refractivity contribution in [2.24, 2.45) is 0 Å². The fraction of sp³-hybridized carbons (Fsp3) is 0.200. The van der Waals surface area contributed by atoms with Gasteiger partial charge in [-0.25, -0.2) is 0 Å². The molecule has 0 fully saturated rings. The Hall–Kier alpha value is -3.08. The fourth-order valence-electron chi connectivity index (χ4n) is 2.95. The first-order valence-electron chi connectivity index (χ1n) is 7.98. The van der Waals surface area contributed by atoms with E-state index in [0.29, 0.717) is 16.9 Å². The van der Waals surface area contributed by atoms with Crippen LogP contribution in [0.5, 0.6) is 5.75 Å². The quantitative estimate of drug-likeness (QED) is 0.872. The molecule has 1 heterocycles. The predicted octanol–water partition coefficient (Wildman–Crippen LogP) is 3.13. The van der Waals surface area contributed by atoms with Crippen molar-refractivity contribution in [3.63, 3.8) is 0 Å². The molecule has 25 heavy (non-hydrogen) atoms. The number of carbonyl (C=O) groups is 2. The predicted molar refractivity (Wildman–Crippen MR) is 97.2 cm³/mol. The Labute approximate surface area is 146 Å². The minimum Gasteiger partial charge on any atom is -0.496 e. The molecule has 0 aromatic heterocycles. The Morgan fingerprint density at radius 2 is 1.72 bits per heavy atom. The molecular weight excluding hydrogens is 316 g/mol. The zero-order valence-electron chi connectivity index (χ0n) is 14.7. The van der Waals surface area contributed by atoms with Crippen LogP contribution in [0.3, 0.4) is 0 Å². The number of carbonyl (C=O) groups excluding carboxylic acids is 2. The van der Waals surface area contributed by atoms with Crippen LogP contribution in [0.2, 0.25) is 0 Å². The Morgan fingerprint density at radius 1 is 1.00 bits per heavy atom. The molecule has 1 aliphatic heterocycles. The number of methoxy groups -OCH3 is 1. The van der Waals surface area contributed by atoms with Crippen molar-refractivity contribution in [2.75, 3.05) is 19.5 Å². The SMILES string of the molecule is COc1ccccc1C1=C(Nc2ccc(C)cc2C)C(=O)N(C)C1=O. The van der Waals surface area contributed by atoms with Gasteiger partial charge in [0.25, 0.3) is 11.8 Å². The molecule has 5 nitrogen and oxygen atoms in total. The van der Waals surface area contributed by atoms with Crippen LogP contribution < -0.4 is 10.1 Å². The number of anilines is 1. The number of amides is 2. The topological polar surface area (TPSA) is 58.6 Å². The van der Waals surface area contributed by atoms with E-state index in [0.717, 1.165) is 21.7 Å². The van der Waals surface area contributed by atoms with Gasteiger partial charge in [-0.05, 0) is 31.5 Å². The van der Waals surface area contributed by atoms with E-state index in [1.54, 1.807) is 19.2 Å². The van der Waals surface area contributed by atoms with Crippen LogP contribution in [-0.2, 0) is 9.59 Å². The number of ether oxygens (including phenoxy) is 1. The molecule has 2 aromatic carbocycles. The Kier molecular flexibility index (Phi) is 4.31. The lowest BCUT2D eigenvalue weighted by molar-refractivity contribution is -0.135. The second kappa shape index (κ2) is 6.43. The smallest absolute Gasteiger partial charge is 0.277 e. The largest absolute Gasteiger partial charge is 0.496 e. The molecule has 2 amide bonds. The first kappa shape index (κ1) is 16.8. The van der Waals surface area contributed by atoms with Crippen LogP contribution in [0, 0.1) is 13.8 Å². The summed E-state index contributed by atoms with van der Waals surface area (Å²) >= 11 is 0. The number of hydrogen-bond acceptors (Lipinski definition) is 4. The molecule has 2 aromatic rings. The van der Waals surface area contributed by atoms with Gasteiger partial charge >= 0.3 is 0 Å². The number of imide groups is 1. The van der Waals surface area contributed by atoms with E-state index in [-0.39, 0.29) is 17.5 Å². The average molecular weight is 336 g/mol. The number of hydrogen-bond donors (Lipinski definition) is 1. The summed E-state index contributed by atoms with van der Waals surface area (Å²) in [6.45, 7) is 3.97. The minimum absolute atomic E-state index is 0.268. The number of rotatable bonds is 4. The molecule has 0 radical (unpaired) electrons. The van der Waals surface area contributed by atoms with Gasteiger partial charge < -0.3 is 10.1 Å². The highest BCUT2D eigenvalue weighted by Crippen LogP contribution is 2.35. The number of aryl methyl sites for hydroxylation is 2. The van der Waals surface area contributed by atoms with Crippen molar-refractivity contribution in [3.05, 3.63) is 64.9 Å². The summed E-state index contributed by atoms with van der Waals surface area (Å²) in [5.41, 5.74) is 4.12. The van der Waals surface area contributed by atoms with E-state index in [4.69, 9.17) is 4.74 Å². The Bertz CT molecular complexity index is 900. The van der Waals surface area contributed by atoms with Gasteiger partial charge in [-0.1, -0.05) is 35.9 Å². The molecule has 0 unspecified atom stereocenters. The van der Waals surface area contributed by atoms with Crippen molar-refractivity contribution < 1.29 is 14.3 Å². The highest BCUT2D eigenvalue weighted by Gasteiger charge is 2.38. The highest BCUT2D eigenvalue weighted by atomic mass is 16.5. The zero-order valence-corrected chi connectivity index (χ0v) is 14.7. The maximum atomic E-state index is 12.7. The summed E-state index contributed by atoms with van der Waals surface area (Å²) in [5.74, 6) is -0.151. The number of nitrogens with zero attached hydrogens (tertiary/aromatic N) is 1. The summed E-state index contributed by atoms with van der Waals surface area (Å²) in [6, 6.07) is 13.1. The van der Waals surface area contributed by atoms with Crippen molar-refractivity contribution >= 4 is 23.1 Å². The molecule has 128 valence electrons. The first-order chi connectivity index (χ1) is 11.9. The molecule has 0 atom stereocenters. The Morgan fingerprint density at radius 3 is 2.40 bits per heavy atom. The maximum absolute atomic E-state index is 12.7. The lowest BCUT2D eigenvalue weighted by atomic mass is 10.0. The molecular formula is C20H20N2O3. The molecule has 1 aliphatic rings. The van der Waals surface area contributed by atoms with Crippen molar-refractivity contribution in [1.29, 1.82) is 0 Å². The highest BCUT2D eigenvalue weighted by molar-refractivity contribution is 6.36. The lowest BCUT2D eigenvalue weighted by Crippen LogP contribution is -2.28. The summed E-state index contributed by atoms with van der Waals surface area (Å²) in [4.78, 5) is 26.4. The molecule has 3 rings (SSSR count). The maximum Gasteiger partial charge on any atom is 0.277 e. The molecule has 0 spiro atoms. The molecule has 0 saturated carbocycles. The van der Waals surface area contributed by atoms with Gasteiger partial charge in [-0.3, -0.25) is 14.5 Å². The third-order valence-corrected chi connectivity index (χ3v) is 4.30. The van der Waals surface area contributed by atoms with Gasteiger partial charge in [-0.2, -0.15) is 0 Å². The number of likely N-dealkylation sites (N-methyl/N-ethyl adjacent to an activating group) is 1. The van der Waals surface area contributed by atoms with Crippen LogP contribution in [0.15, 0.2) is 48.2 Å². The molecule has 0 aliphatic carbocycles. The Balaban J connectivity index is 2.15. The van der Waals surface area contributed by atoms with E-state index in [1.807, 2.05) is 44.2 Å². The average Bonchev–Trinajstić information content (AvgIpc) is 2.81. The van der Waals surface area contributed by atoms with Crippen LogP contribution in [0.25, 0.3) is 5.57 Å². The lowest BCUT2D eigenvalue weighted by Gasteiger charge is -2.13. The second-order valence-electron chi connectivity index (χ2n) is 6.06. The minimum atomic E-state index is -0.356. The number of para-hydroxylation sites is 1. The van der Waals surface area contributed by atoms with Crippen LogP contribution >= 0.6 is 0 Å². The number of benzene rings is 2. The number of nitrogens with one attached hydrogen (secondary N) is 1. The summed E-state index contributed by atoms with van der Waals surface area (Å²) < 4.78 is 5.37. The third-order valence-electron chi connectivity index (χ3n) is 4.30. The van der Waals surface area contributed by atoms with E-state index in [2.05, 4.69) is 5.32 Å².